The third-order valence-electron chi connectivity index (χ3n) is 5.78. The Morgan fingerprint density at radius 1 is 1.16 bits per heavy atom. The van der Waals surface area contributed by atoms with E-state index in [-0.39, 0.29) is 12.4 Å². The van der Waals surface area contributed by atoms with Gasteiger partial charge in [-0.25, -0.2) is 0 Å². The molecule has 3 aliphatic rings. The molecular weight excluding hydrogens is 318 g/mol. The zero-order valence-corrected chi connectivity index (χ0v) is 15.5. The lowest BCUT2D eigenvalue weighted by molar-refractivity contribution is -0.191. The number of hydrogen-bond donors (Lipinski definition) is 0. The fourth-order valence-corrected chi connectivity index (χ4v) is 4.65. The molecule has 4 unspecified atom stereocenters. The van der Waals surface area contributed by atoms with Crippen molar-refractivity contribution in [3.8, 4) is 11.5 Å². The van der Waals surface area contributed by atoms with E-state index in [9.17, 15) is 0 Å². The van der Waals surface area contributed by atoms with Crippen molar-refractivity contribution in [2.45, 2.75) is 44.1 Å². The SMILES string of the molecule is CCOC1OC2CC=C3CCN(C)C3C2c2cc(OC)c(OC)cc21. The molecule has 1 aromatic carbocycles. The summed E-state index contributed by atoms with van der Waals surface area (Å²) in [5, 5.41) is 0. The Morgan fingerprint density at radius 2 is 1.88 bits per heavy atom. The Morgan fingerprint density at radius 3 is 2.56 bits per heavy atom. The Labute approximate surface area is 149 Å². The molecule has 4 rings (SSSR count). The lowest BCUT2D eigenvalue weighted by Gasteiger charge is -2.45. The molecule has 4 atom stereocenters. The number of ether oxygens (including phenoxy) is 4. The van der Waals surface area contributed by atoms with Crippen LogP contribution < -0.4 is 9.47 Å². The first-order chi connectivity index (χ1) is 12.2. The Balaban J connectivity index is 1.85. The zero-order valence-electron chi connectivity index (χ0n) is 15.5. The van der Waals surface area contributed by atoms with Crippen molar-refractivity contribution in [2.75, 3.05) is 34.4 Å². The highest BCUT2D eigenvalue weighted by Gasteiger charge is 2.47. The number of fused-ring (bicyclic) bond motifs is 5. The van der Waals surface area contributed by atoms with Gasteiger partial charge in [0.15, 0.2) is 17.8 Å². The summed E-state index contributed by atoms with van der Waals surface area (Å²) in [6.45, 7) is 3.72. The summed E-state index contributed by atoms with van der Waals surface area (Å²) in [5.41, 5.74) is 3.89. The van der Waals surface area contributed by atoms with Gasteiger partial charge in [-0.15, -0.1) is 0 Å². The van der Waals surface area contributed by atoms with Gasteiger partial charge in [-0.3, -0.25) is 4.90 Å². The minimum Gasteiger partial charge on any atom is -0.493 e. The maximum Gasteiger partial charge on any atom is 0.184 e. The molecule has 5 nitrogen and oxygen atoms in total. The third kappa shape index (κ3) is 2.65. The number of nitrogens with zero attached hydrogens (tertiary/aromatic N) is 1. The number of methoxy groups -OCH3 is 2. The predicted octanol–water partition coefficient (Wildman–Crippen LogP) is 3.26. The van der Waals surface area contributed by atoms with Gasteiger partial charge in [0.1, 0.15) is 0 Å². The number of rotatable bonds is 4. The van der Waals surface area contributed by atoms with E-state index in [1.807, 2.05) is 13.0 Å². The van der Waals surface area contributed by atoms with Gasteiger partial charge in [0, 0.05) is 30.7 Å². The molecule has 136 valence electrons. The number of likely N-dealkylation sites (N-methyl/N-ethyl adjacent to an activating group) is 1. The molecule has 1 aliphatic carbocycles. The first-order valence-corrected chi connectivity index (χ1v) is 9.10. The van der Waals surface area contributed by atoms with E-state index >= 15 is 0 Å². The fourth-order valence-electron chi connectivity index (χ4n) is 4.65. The summed E-state index contributed by atoms with van der Waals surface area (Å²) in [5.74, 6) is 1.80. The lowest BCUT2D eigenvalue weighted by atomic mass is 9.74. The summed E-state index contributed by atoms with van der Waals surface area (Å²) in [7, 11) is 5.57. The van der Waals surface area contributed by atoms with Crippen LogP contribution in [-0.2, 0) is 9.47 Å². The number of hydrogen-bond acceptors (Lipinski definition) is 5. The van der Waals surface area contributed by atoms with E-state index in [0.717, 1.165) is 36.4 Å². The molecule has 5 heteroatoms. The summed E-state index contributed by atoms with van der Waals surface area (Å²) in [6.07, 6.45) is 4.27. The molecule has 2 heterocycles. The molecule has 0 amide bonds. The highest BCUT2D eigenvalue weighted by Crippen LogP contribution is 2.51. The second kappa shape index (κ2) is 6.63. The van der Waals surface area contributed by atoms with Crippen LogP contribution in [0.3, 0.4) is 0 Å². The van der Waals surface area contributed by atoms with Crippen molar-refractivity contribution in [1.29, 1.82) is 0 Å². The Bertz CT molecular complexity index is 687. The van der Waals surface area contributed by atoms with Crippen molar-refractivity contribution in [1.82, 2.24) is 4.90 Å². The van der Waals surface area contributed by atoms with Crippen molar-refractivity contribution >= 4 is 0 Å². The van der Waals surface area contributed by atoms with Gasteiger partial charge < -0.3 is 18.9 Å². The van der Waals surface area contributed by atoms with Crippen LogP contribution in [0.5, 0.6) is 11.5 Å². The molecule has 25 heavy (non-hydrogen) atoms. The second-order valence-corrected chi connectivity index (χ2v) is 7.01. The molecule has 1 aromatic rings. The molecule has 1 saturated heterocycles. The monoisotopic (exact) mass is 345 g/mol. The van der Waals surface area contributed by atoms with Crippen LogP contribution in [-0.4, -0.2) is 51.5 Å². The Hall–Kier alpha value is -1.56. The van der Waals surface area contributed by atoms with Crippen LogP contribution in [0, 0.1) is 0 Å². The van der Waals surface area contributed by atoms with E-state index in [1.54, 1.807) is 19.8 Å². The van der Waals surface area contributed by atoms with Gasteiger partial charge in [0.25, 0.3) is 0 Å². The van der Waals surface area contributed by atoms with Crippen molar-refractivity contribution in [3.63, 3.8) is 0 Å². The van der Waals surface area contributed by atoms with Gasteiger partial charge >= 0.3 is 0 Å². The molecule has 0 radical (unpaired) electrons. The summed E-state index contributed by atoms with van der Waals surface area (Å²) >= 11 is 0. The van der Waals surface area contributed by atoms with E-state index in [1.165, 1.54) is 5.56 Å². The van der Waals surface area contributed by atoms with Gasteiger partial charge in [0.05, 0.1) is 20.3 Å². The largest absolute Gasteiger partial charge is 0.493 e. The van der Waals surface area contributed by atoms with Crippen LogP contribution in [0.1, 0.15) is 43.1 Å². The summed E-state index contributed by atoms with van der Waals surface area (Å²) in [4.78, 5) is 2.45. The van der Waals surface area contributed by atoms with Gasteiger partial charge in [-0.1, -0.05) is 11.6 Å². The lowest BCUT2D eigenvalue weighted by Crippen LogP contribution is -2.45. The Kier molecular flexibility index (Phi) is 4.48. The quantitative estimate of drug-likeness (QED) is 0.784. The molecule has 0 N–H and O–H groups in total. The topological polar surface area (TPSA) is 40.2 Å². The summed E-state index contributed by atoms with van der Waals surface area (Å²) in [6, 6.07) is 4.56. The average molecular weight is 345 g/mol. The maximum absolute atomic E-state index is 6.40. The van der Waals surface area contributed by atoms with Gasteiger partial charge in [0.2, 0.25) is 0 Å². The van der Waals surface area contributed by atoms with Crippen LogP contribution in [0.15, 0.2) is 23.8 Å². The van der Waals surface area contributed by atoms with E-state index in [2.05, 4.69) is 24.1 Å². The average Bonchev–Trinajstić information content (AvgIpc) is 3.01. The molecule has 0 spiro atoms. The van der Waals surface area contributed by atoms with E-state index in [4.69, 9.17) is 18.9 Å². The second-order valence-electron chi connectivity index (χ2n) is 7.01. The first-order valence-electron chi connectivity index (χ1n) is 9.10. The minimum atomic E-state index is -0.345. The van der Waals surface area contributed by atoms with E-state index < -0.39 is 0 Å². The van der Waals surface area contributed by atoms with Gasteiger partial charge in [-0.05, 0) is 44.5 Å². The van der Waals surface area contributed by atoms with Crippen molar-refractivity contribution in [2.24, 2.45) is 0 Å². The number of benzene rings is 1. The minimum absolute atomic E-state index is 0.136. The highest BCUT2D eigenvalue weighted by atomic mass is 16.7. The van der Waals surface area contributed by atoms with E-state index in [0.29, 0.717) is 18.6 Å². The molecule has 1 fully saturated rings. The molecular formula is C20H27NO4. The smallest absolute Gasteiger partial charge is 0.184 e. The zero-order chi connectivity index (χ0) is 17.6. The summed E-state index contributed by atoms with van der Waals surface area (Å²) < 4.78 is 23.4. The number of likely N-dealkylation sites (tertiary alicyclic amines) is 1. The molecule has 2 aliphatic heterocycles. The van der Waals surface area contributed by atoms with Gasteiger partial charge in [-0.2, -0.15) is 0 Å². The van der Waals surface area contributed by atoms with Crippen LogP contribution in [0.25, 0.3) is 0 Å². The first kappa shape index (κ1) is 16.9. The fraction of sp³-hybridized carbons (Fsp3) is 0.600. The van der Waals surface area contributed by atoms with Crippen molar-refractivity contribution in [3.05, 3.63) is 34.9 Å². The third-order valence-corrected chi connectivity index (χ3v) is 5.78. The predicted molar refractivity (Wildman–Crippen MR) is 95.3 cm³/mol. The van der Waals surface area contributed by atoms with Crippen LogP contribution >= 0.6 is 0 Å². The molecule has 0 saturated carbocycles. The highest BCUT2D eigenvalue weighted by molar-refractivity contribution is 5.52. The standard InChI is InChI=1S/C20H27NO4/c1-5-24-20-14-11-17(23-4)16(22-3)10-13(14)18-15(25-20)7-6-12-8-9-21(2)19(12)18/h6,10-11,15,18-20H,5,7-9H2,1-4H3. The maximum atomic E-state index is 6.40. The van der Waals surface area contributed by atoms with Crippen molar-refractivity contribution < 1.29 is 18.9 Å². The van der Waals surface area contributed by atoms with Crippen LogP contribution in [0.4, 0.5) is 0 Å². The molecule has 0 aromatic heterocycles. The normalized spacial score (nSPS) is 31.0. The van der Waals surface area contributed by atoms with Crippen LogP contribution in [0.2, 0.25) is 0 Å². The molecule has 0 bridgehead atoms.